The highest BCUT2D eigenvalue weighted by molar-refractivity contribution is 5.83. The van der Waals surface area contributed by atoms with Crippen LogP contribution in [0.2, 0.25) is 0 Å². The summed E-state index contributed by atoms with van der Waals surface area (Å²) in [5.41, 5.74) is 2.46. The van der Waals surface area contributed by atoms with Crippen LogP contribution in [0.5, 0.6) is 5.75 Å². The number of fused-ring (bicyclic) bond motifs is 4. The molecule has 186 valence electrons. The number of aliphatic hydroxyl groups is 1. The average Bonchev–Trinajstić information content (AvgIpc) is 3.15. The molecule has 3 aromatic rings. The molecule has 4 atom stereocenters. The molecule has 2 aliphatic heterocycles. The zero-order valence-electron chi connectivity index (χ0n) is 20.1. The molecule has 9 heteroatoms. The van der Waals surface area contributed by atoms with Crippen LogP contribution in [0.4, 0.5) is 0 Å². The quantitative estimate of drug-likeness (QED) is 0.547. The van der Waals surface area contributed by atoms with Gasteiger partial charge in [0.15, 0.2) is 0 Å². The molecule has 9 nitrogen and oxygen atoms in total. The Bertz CT molecular complexity index is 1360. The van der Waals surface area contributed by atoms with Crippen LogP contribution in [0.1, 0.15) is 24.2 Å². The Balaban J connectivity index is 1.51. The van der Waals surface area contributed by atoms with Crippen LogP contribution in [0.3, 0.4) is 0 Å². The van der Waals surface area contributed by atoms with Crippen LogP contribution < -0.4 is 15.6 Å². The molecule has 36 heavy (non-hydrogen) atoms. The van der Waals surface area contributed by atoms with E-state index in [1.54, 1.807) is 41.1 Å². The highest BCUT2D eigenvalue weighted by Crippen LogP contribution is 2.48. The molecule has 0 aliphatic carbocycles. The van der Waals surface area contributed by atoms with E-state index in [-0.39, 0.29) is 37.1 Å². The molecule has 1 fully saturated rings. The van der Waals surface area contributed by atoms with Gasteiger partial charge in [-0.3, -0.25) is 19.4 Å². The number of amides is 2. The molecular weight excluding hydrogens is 460 g/mol. The number of methoxy groups -OCH3 is 1. The Labute approximate surface area is 208 Å². The minimum absolute atomic E-state index is 0.193. The number of aliphatic hydroxyl groups excluding tert-OH is 1. The summed E-state index contributed by atoms with van der Waals surface area (Å²) in [6.07, 6.45) is 3.28. The highest BCUT2D eigenvalue weighted by atomic mass is 16.5. The Morgan fingerprint density at radius 2 is 2.03 bits per heavy atom. The average molecular weight is 489 g/mol. The standard InChI is InChI=1S/C27H28N4O5/c1-16(33)31-23-14-30-22(9-8-20(27(30)35)18-6-4-10-28-13-18)25(31)24(21(23)15-32)26(34)29-12-17-5-3-7-19(11-17)36-2/h3-11,13,21,23-25,32H,12,14-15H2,1-2H3,(H,29,34)/t21-,23-,24+,25+/m0/s1. The van der Waals surface area contributed by atoms with E-state index in [0.29, 0.717) is 22.6 Å². The van der Waals surface area contributed by atoms with Crippen LogP contribution in [0, 0.1) is 11.8 Å². The maximum absolute atomic E-state index is 13.5. The van der Waals surface area contributed by atoms with Crippen molar-refractivity contribution in [2.75, 3.05) is 13.7 Å². The zero-order valence-corrected chi connectivity index (χ0v) is 20.1. The molecule has 2 N–H and O–H groups in total. The second kappa shape index (κ2) is 9.58. The van der Waals surface area contributed by atoms with Gasteiger partial charge in [-0.15, -0.1) is 0 Å². The van der Waals surface area contributed by atoms with E-state index < -0.39 is 23.9 Å². The summed E-state index contributed by atoms with van der Waals surface area (Å²) in [5, 5.41) is 13.3. The molecule has 2 aliphatic rings. The first kappa shape index (κ1) is 23.7. The van der Waals surface area contributed by atoms with Crippen molar-refractivity contribution in [1.29, 1.82) is 0 Å². The summed E-state index contributed by atoms with van der Waals surface area (Å²) < 4.78 is 6.91. The number of hydrogen-bond donors (Lipinski definition) is 2. The molecule has 2 amide bonds. The van der Waals surface area contributed by atoms with Crippen molar-refractivity contribution in [2.45, 2.75) is 32.1 Å². The number of carbonyl (C=O) groups is 2. The number of nitrogens with zero attached hydrogens (tertiary/aromatic N) is 3. The van der Waals surface area contributed by atoms with Gasteiger partial charge in [0.2, 0.25) is 11.8 Å². The summed E-state index contributed by atoms with van der Waals surface area (Å²) in [4.78, 5) is 45.6. The first-order chi connectivity index (χ1) is 17.4. The number of benzene rings is 1. The minimum Gasteiger partial charge on any atom is -0.497 e. The van der Waals surface area contributed by atoms with Crippen molar-refractivity contribution in [3.05, 3.63) is 82.5 Å². The normalized spacial score (nSPS) is 22.1. The maximum atomic E-state index is 13.5. The molecule has 0 radical (unpaired) electrons. The van der Waals surface area contributed by atoms with Crippen molar-refractivity contribution in [3.63, 3.8) is 0 Å². The van der Waals surface area contributed by atoms with Crippen molar-refractivity contribution < 1.29 is 19.4 Å². The van der Waals surface area contributed by atoms with Gasteiger partial charge in [-0.05, 0) is 35.9 Å². The third-order valence-corrected chi connectivity index (χ3v) is 7.28. The minimum atomic E-state index is -0.702. The van der Waals surface area contributed by atoms with E-state index in [4.69, 9.17) is 4.74 Å². The van der Waals surface area contributed by atoms with Crippen LogP contribution in [-0.2, 0) is 22.7 Å². The Hall–Kier alpha value is -3.98. The van der Waals surface area contributed by atoms with Gasteiger partial charge in [0.05, 0.1) is 25.1 Å². The second-order valence-electron chi connectivity index (χ2n) is 9.21. The van der Waals surface area contributed by atoms with Crippen LogP contribution >= 0.6 is 0 Å². The summed E-state index contributed by atoms with van der Waals surface area (Å²) in [7, 11) is 1.58. The van der Waals surface area contributed by atoms with Gasteiger partial charge in [0, 0.05) is 61.8 Å². The van der Waals surface area contributed by atoms with Crippen molar-refractivity contribution >= 4 is 11.8 Å². The number of nitrogens with one attached hydrogen (secondary N) is 1. The molecule has 4 heterocycles. The van der Waals surface area contributed by atoms with E-state index in [2.05, 4.69) is 10.3 Å². The third kappa shape index (κ3) is 3.95. The van der Waals surface area contributed by atoms with Crippen molar-refractivity contribution in [2.24, 2.45) is 11.8 Å². The Morgan fingerprint density at radius 3 is 2.72 bits per heavy atom. The summed E-state index contributed by atoms with van der Waals surface area (Å²) in [5.74, 6) is -0.987. The van der Waals surface area contributed by atoms with Gasteiger partial charge in [0.25, 0.3) is 5.56 Å². The topological polar surface area (TPSA) is 114 Å². The second-order valence-corrected chi connectivity index (χ2v) is 9.21. The molecule has 2 bridgehead atoms. The summed E-state index contributed by atoms with van der Waals surface area (Å²) in [6.45, 7) is 1.67. The lowest BCUT2D eigenvalue weighted by Gasteiger charge is -2.37. The predicted octanol–water partition coefficient (Wildman–Crippen LogP) is 1.75. The Morgan fingerprint density at radius 1 is 1.19 bits per heavy atom. The molecule has 0 unspecified atom stereocenters. The zero-order chi connectivity index (χ0) is 25.4. The SMILES string of the molecule is COc1cccc(CNC(=O)[C@@H]2[C@@H](CO)[C@@H]3Cn4c(ccc(-c5cccnc5)c4=O)[C@H]2N3C(C)=O)c1. The molecular formula is C27H28N4O5. The van der Waals surface area contributed by atoms with Gasteiger partial charge in [-0.1, -0.05) is 18.2 Å². The molecule has 1 aromatic carbocycles. The van der Waals surface area contributed by atoms with E-state index in [1.807, 2.05) is 36.4 Å². The lowest BCUT2D eigenvalue weighted by Crippen LogP contribution is -2.48. The highest BCUT2D eigenvalue weighted by Gasteiger charge is 2.56. The third-order valence-electron chi connectivity index (χ3n) is 7.28. The van der Waals surface area contributed by atoms with Gasteiger partial charge in [0.1, 0.15) is 5.75 Å². The lowest BCUT2D eigenvalue weighted by molar-refractivity contribution is -0.134. The molecule has 2 aromatic heterocycles. The fraction of sp³-hybridized carbons (Fsp3) is 0.333. The van der Waals surface area contributed by atoms with Crippen LogP contribution in [0.15, 0.2) is 65.7 Å². The number of hydrogen-bond acceptors (Lipinski definition) is 6. The maximum Gasteiger partial charge on any atom is 0.258 e. The fourth-order valence-corrected chi connectivity index (χ4v) is 5.67. The number of aromatic nitrogens is 2. The van der Waals surface area contributed by atoms with Crippen LogP contribution in [-0.4, -0.2) is 51.1 Å². The van der Waals surface area contributed by atoms with Gasteiger partial charge >= 0.3 is 0 Å². The molecule has 0 saturated carbocycles. The molecule has 0 spiro atoms. The van der Waals surface area contributed by atoms with Crippen molar-refractivity contribution in [1.82, 2.24) is 19.8 Å². The van der Waals surface area contributed by atoms with E-state index in [0.717, 1.165) is 5.56 Å². The fourth-order valence-electron chi connectivity index (χ4n) is 5.67. The molecule has 1 saturated heterocycles. The molecule has 5 rings (SSSR count). The van der Waals surface area contributed by atoms with E-state index in [9.17, 15) is 19.5 Å². The van der Waals surface area contributed by atoms with Crippen LogP contribution in [0.25, 0.3) is 11.1 Å². The van der Waals surface area contributed by atoms with Gasteiger partial charge in [-0.25, -0.2) is 0 Å². The van der Waals surface area contributed by atoms with Gasteiger partial charge in [-0.2, -0.15) is 0 Å². The number of pyridine rings is 2. The van der Waals surface area contributed by atoms with Crippen molar-refractivity contribution in [3.8, 4) is 16.9 Å². The Kier molecular flexibility index (Phi) is 6.32. The van der Waals surface area contributed by atoms with Gasteiger partial charge < -0.3 is 24.6 Å². The van der Waals surface area contributed by atoms with E-state index >= 15 is 0 Å². The summed E-state index contributed by atoms with van der Waals surface area (Å²) >= 11 is 0. The summed E-state index contributed by atoms with van der Waals surface area (Å²) in [6, 6.07) is 13.4. The smallest absolute Gasteiger partial charge is 0.258 e. The lowest BCUT2D eigenvalue weighted by atomic mass is 9.86. The number of ether oxygens (including phenoxy) is 1. The largest absolute Gasteiger partial charge is 0.497 e. The number of rotatable bonds is 6. The predicted molar refractivity (Wildman–Crippen MR) is 132 cm³/mol. The number of carbonyl (C=O) groups excluding carboxylic acids is 2. The van der Waals surface area contributed by atoms with E-state index in [1.165, 1.54) is 6.92 Å². The first-order valence-corrected chi connectivity index (χ1v) is 11.9. The first-order valence-electron chi connectivity index (χ1n) is 11.9. The monoisotopic (exact) mass is 488 g/mol.